The maximum atomic E-state index is 11.9. The van der Waals surface area contributed by atoms with Gasteiger partial charge in [0.25, 0.3) is 10.5 Å². The van der Waals surface area contributed by atoms with Gasteiger partial charge in [-0.05, 0) is 48.2 Å². The number of aryl methyl sites for hydroxylation is 2. The fourth-order valence-electron chi connectivity index (χ4n) is 2.84. The van der Waals surface area contributed by atoms with Crippen LogP contribution in [0.4, 0.5) is 0 Å². The molecule has 0 saturated carbocycles. The van der Waals surface area contributed by atoms with E-state index >= 15 is 0 Å². The lowest BCUT2D eigenvalue weighted by molar-refractivity contribution is 0.107. The van der Waals surface area contributed by atoms with E-state index in [0.29, 0.717) is 0 Å². The lowest BCUT2D eigenvalue weighted by Crippen LogP contribution is -2.03. The van der Waals surface area contributed by atoms with E-state index in [9.17, 15) is 9.59 Å². The van der Waals surface area contributed by atoms with Crippen molar-refractivity contribution < 1.29 is 19.1 Å². The van der Waals surface area contributed by atoms with Crippen LogP contribution in [0.2, 0.25) is 0 Å². The molecule has 0 aliphatic rings. The molecule has 1 heterocycles. The third-order valence-corrected chi connectivity index (χ3v) is 5.86. The van der Waals surface area contributed by atoms with Gasteiger partial charge in [0.1, 0.15) is 23.0 Å². The van der Waals surface area contributed by atoms with Gasteiger partial charge in [0.15, 0.2) is 11.5 Å². The molecule has 0 saturated heterocycles. The van der Waals surface area contributed by atoms with Crippen molar-refractivity contribution in [2.75, 3.05) is 0 Å². The topological polar surface area (TPSA) is 52.6 Å². The summed E-state index contributed by atoms with van der Waals surface area (Å²) < 4.78 is 11.8. The summed E-state index contributed by atoms with van der Waals surface area (Å²) in [6, 6.07) is 15.5. The Labute approximate surface area is 183 Å². The molecule has 0 amide bonds. The summed E-state index contributed by atoms with van der Waals surface area (Å²) in [7, 11) is 0. The number of benzene rings is 2. The molecule has 3 rings (SSSR count). The van der Waals surface area contributed by atoms with Gasteiger partial charge in [0.2, 0.25) is 0 Å². The number of ether oxygens (including phenoxy) is 2. The highest BCUT2D eigenvalue weighted by Crippen LogP contribution is 2.44. The second-order valence-electron chi connectivity index (χ2n) is 6.52. The fourth-order valence-corrected chi connectivity index (χ4v) is 4.09. The van der Waals surface area contributed by atoms with Crippen LogP contribution < -0.4 is 9.47 Å². The van der Waals surface area contributed by atoms with Crippen LogP contribution in [0.15, 0.2) is 48.5 Å². The van der Waals surface area contributed by atoms with E-state index in [0.717, 1.165) is 33.6 Å². The van der Waals surface area contributed by atoms with Crippen molar-refractivity contribution >= 4 is 45.0 Å². The van der Waals surface area contributed by atoms with E-state index in [1.165, 1.54) is 0 Å². The summed E-state index contributed by atoms with van der Waals surface area (Å²) >= 11 is 12.3. The van der Waals surface area contributed by atoms with Gasteiger partial charge in [0.05, 0.1) is 0 Å². The lowest BCUT2D eigenvalue weighted by Gasteiger charge is -2.12. The molecule has 0 aliphatic heterocycles. The smallest absolute Gasteiger partial charge is 0.266 e. The second kappa shape index (κ2) is 9.44. The van der Waals surface area contributed by atoms with Crippen molar-refractivity contribution in [1.82, 2.24) is 0 Å². The van der Waals surface area contributed by atoms with Gasteiger partial charge < -0.3 is 9.47 Å². The highest BCUT2D eigenvalue weighted by molar-refractivity contribution is 7.19. The van der Waals surface area contributed by atoms with E-state index in [1.807, 2.05) is 62.4 Å². The zero-order chi connectivity index (χ0) is 21.0. The van der Waals surface area contributed by atoms with Crippen LogP contribution in [0.5, 0.6) is 11.5 Å². The number of rotatable bonds is 8. The Kier molecular flexibility index (Phi) is 6.96. The van der Waals surface area contributed by atoms with Gasteiger partial charge >= 0.3 is 0 Å². The van der Waals surface area contributed by atoms with Crippen molar-refractivity contribution in [3.63, 3.8) is 0 Å². The molecule has 0 spiro atoms. The van der Waals surface area contributed by atoms with Crippen LogP contribution in [0, 0.1) is 13.8 Å². The van der Waals surface area contributed by atoms with Crippen molar-refractivity contribution in [2.45, 2.75) is 27.1 Å². The van der Waals surface area contributed by atoms with E-state index in [2.05, 4.69) is 0 Å². The first kappa shape index (κ1) is 21.4. The van der Waals surface area contributed by atoms with Crippen LogP contribution in [-0.4, -0.2) is 10.5 Å². The summed E-state index contributed by atoms with van der Waals surface area (Å²) in [6.07, 6.45) is 0. The summed E-state index contributed by atoms with van der Waals surface area (Å²) in [5.74, 6) is 0.265. The quantitative estimate of drug-likeness (QED) is 0.380. The summed E-state index contributed by atoms with van der Waals surface area (Å²) in [5, 5.41) is -1.47. The van der Waals surface area contributed by atoms with Gasteiger partial charge in [-0.1, -0.05) is 59.7 Å². The molecule has 2 aromatic carbocycles. The first-order valence-electron chi connectivity index (χ1n) is 8.78. The highest BCUT2D eigenvalue weighted by atomic mass is 35.5. The molecule has 0 atom stereocenters. The van der Waals surface area contributed by atoms with Gasteiger partial charge in [-0.3, -0.25) is 9.59 Å². The average molecular weight is 449 g/mol. The van der Waals surface area contributed by atoms with Crippen LogP contribution >= 0.6 is 34.5 Å². The standard InChI is InChI=1S/C22H18Cl2O4S/c1-13-5-3-7-15(9-13)11-27-17-18(20(22(24)26)29-19(17)21(23)25)28-12-16-8-4-6-14(2)10-16/h3-10H,11-12H2,1-2H3. The Morgan fingerprint density at radius 2 is 1.21 bits per heavy atom. The van der Waals surface area contributed by atoms with Gasteiger partial charge in [0, 0.05) is 0 Å². The summed E-state index contributed by atoms with van der Waals surface area (Å²) in [6.45, 7) is 4.32. The average Bonchev–Trinajstić information content (AvgIpc) is 3.04. The van der Waals surface area contributed by atoms with E-state index in [4.69, 9.17) is 32.7 Å². The van der Waals surface area contributed by atoms with Crippen molar-refractivity contribution in [3.8, 4) is 11.5 Å². The third kappa shape index (κ3) is 5.38. The Morgan fingerprint density at radius 1 is 0.793 bits per heavy atom. The van der Waals surface area contributed by atoms with Crippen LogP contribution in [0.25, 0.3) is 0 Å². The number of thiophene rings is 1. The SMILES string of the molecule is Cc1cccc(COc2c(C(=O)Cl)sc(C(=O)Cl)c2OCc2cccc(C)c2)c1. The number of carbonyl (C=O) groups is 2. The molecule has 0 radical (unpaired) electrons. The van der Waals surface area contributed by atoms with Crippen molar-refractivity contribution in [3.05, 3.63) is 80.5 Å². The predicted molar refractivity (Wildman–Crippen MR) is 116 cm³/mol. The number of halogens is 2. The lowest BCUT2D eigenvalue weighted by atomic mass is 10.1. The predicted octanol–water partition coefficient (Wildman–Crippen LogP) is 6.28. The van der Waals surface area contributed by atoms with Gasteiger partial charge in [-0.25, -0.2) is 0 Å². The van der Waals surface area contributed by atoms with E-state index < -0.39 is 10.5 Å². The molecule has 150 valence electrons. The molecular formula is C22H18Cl2O4S. The molecule has 4 nitrogen and oxygen atoms in total. The molecule has 3 aromatic rings. The fraction of sp³-hybridized carbons (Fsp3) is 0.182. The zero-order valence-corrected chi connectivity index (χ0v) is 18.2. The first-order chi connectivity index (χ1) is 13.8. The molecule has 0 N–H and O–H groups in total. The minimum absolute atomic E-state index is 0.0857. The minimum Gasteiger partial charge on any atom is -0.483 e. The Morgan fingerprint density at radius 3 is 1.55 bits per heavy atom. The summed E-state index contributed by atoms with van der Waals surface area (Å²) in [5.41, 5.74) is 3.98. The maximum Gasteiger partial charge on any atom is 0.266 e. The molecule has 0 aliphatic carbocycles. The normalized spacial score (nSPS) is 10.6. The van der Waals surface area contributed by atoms with Gasteiger partial charge in [-0.15, -0.1) is 11.3 Å². The molecule has 0 fully saturated rings. The van der Waals surface area contributed by atoms with Crippen molar-refractivity contribution in [1.29, 1.82) is 0 Å². The van der Waals surface area contributed by atoms with Crippen LogP contribution in [0.3, 0.4) is 0 Å². The summed E-state index contributed by atoms with van der Waals surface area (Å²) in [4.78, 5) is 24.0. The molecule has 0 bridgehead atoms. The third-order valence-electron chi connectivity index (χ3n) is 4.11. The largest absolute Gasteiger partial charge is 0.483 e. The molecular weight excluding hydrogens is 431 g/mol. The number of hydrogen-bond donors (Lipinski definition) is 0. The Bertz CT molecular complexity index is 977. The monoisotopic (exact) mass is 448 g/mol. The van der Waals surface area contributed by atoms with E-state index in [-0.39, 0.29) is 34.5 Å². The molecule has 0 unspecified atom stereocenters. The van der Waals surface area contributed by atoms with Crippen molar-refractivity contribution in [2.24, 2.45) is 0 Å². The Balaban J connectivity index is 1.93. The van der Waals surface area contributed by atoms with Crippen LogP contribution in [-0.2, 0) is 13.2 Å². The number of carbonyl (C=O) groups excluding carboxylic acids is 2. The first-order valence-corrected chi connectivity index (χ1v) is 10.4. The highest BCUT2D eigenvalue weighted by Gasteiger charge is 2.28. The zero-order valence-electron chi connectivity index (χ0n) is 15.8. The number of hydrogen-bond acceptors (Lipinski definition) is 5. The molecule has 29 heavy (non-hydrogen) atoms. The second-order valence-corrected chi connectivity index (χ2v) is 8.23. The van der Waals surface area contributed by atoms with E-state index in [1.54, 1.807) is 0 Å². The molecule has 1 aromatic heterocycles. The molecule has 7 heteroatoms. The minimum atomic E-state index is -0.737. The Hall–Kier alpha value is -2.34. The van der Waals surface area contributed by atoms with Gasteiger partial charge in [-0.2, -0.15) is 0 Å². The van der Waals surface area contributed by atoms with Crippen LogP contribution in [0.1, 0.15) is 41.6 Å². The maximum absolute atomic E-state index is 11.9.